The van der Waals surface area contributed by atoms with Crippen LogP contribution in [0.4, 0.5) is 0 Å². The number of benzene rings is 2. The summed E-state index contributed by atoms with van der Waals surface area (Å²) < 4.78 is 1.98. The van der Waals surface area contributed by atoms with Gasteiger partial charge in [-0.1, -0.05) is 63.2 Å². The fourth-order valence-corrected chi connectivity index (χ4v) is 9.77. The first-order valence-electron chi connectivity index (χ1n) is 18.4. The Kier molecular flexibility index (Phi) is 14.8. The number of aliphatic hydroxyl groups is 1. The number of aliphatic hydroxyl groups excluding tert-OH is 1. The van der Waals surface area contributed by atoms with E-state index in [1.807, 2.05) is 30.6 Å². The maximum atomic E-state index is 10.0. The molecule has 0 saturated carbocycles. The predicted molar refractivity (Wildman–Crippen MR) is 237 cm³/mol. The van der Waals surface area contributed by atoms with Gasteiger partial charge in [0.05, 0.1) is 18.0 Å². The van der Waals surface area contributed by atoms with Crippen molar-refractivity contribution in [1.29, 1.82) is 0 Å². The second kappa shape index (κ2) is 18.7. The van der Waals surface area contributed by atoms with Crippen LogP contribution in [0.25, 0.3) is 23.3 Å². The number of allylic oxidation sites excluding steroid dienone is 1. The minimum Gasteiger partial charge on any atom is -0.392 e. The molecule has 4 heterocycles. The van der Waals surface area contributed by atoms with E-state index in [0.717, 1.165) is 86.8 Å². The molecule has 1 N–H and O–H groups in total. The highest BCUT2D eigenvalue weighted by Crippen LogP contribution is 2.47. The first-order chi connectivity index (χ1) is 25.1. The van der Waals surface area contributed by atoms with Crippen molar-refractivity contribution in [2.75, 3.05) is 46.9 Å². The van der Waals surface area contributed by atoms with Gasteiger partial charge in [0, 0.05) is 54.3 Å². The van der Waals surface area contributed by atoms with E-state index in [2.05, 4.69) is 105 Å². The van der Waals surface area contributed by atoms with Crippen molar-refractivity contribution < 1.29 is 5.11 Å². The van der Waals surface area contributed by atoms with Crippen molar-refractivity contribution in [3.05, 3.63) is 125 Å². The molecule has 2 aromatic carbocycles. The molecular weight excluding hydrogens is 843 g/mol. The van der Waals surface area contributed by atoms with Crippen LogP contribution in [0.15, 0.2) is 69.9 Å². The number of aromatic nitrogens is 2. The molecule has 54 heavy (non-hydrogen) atoms. The van der Waals surface area contributed by atoms with Crippen LogP contribution < -0.4 is 0 Å². The van der Waals surface area contributed by atoms with Crippen LogP contribution >= 0.6 is 55.1 Å². The summed E-state index contributed by atoms with van der Waals surface area (Å²) in [6, 6.07) is 16.8. The molecule has 2 saturated heterocycles. The smallest absolute Gasteiger partial charge is 0.0688 e. The molecule has 9 heteroatoms. The van der Waals surface area contributed by atoms with Gasteiger partial charge in [-0.25, -0.2) is 0 Å². The van der Waals surface area contributed by atoms with Crippen LogP contribution in [-0.4, -0.2) is 71.8 Å². The Morgan fingerprint density at radius 1 is 0.667 bits per heavy atom. The highest BCUT2D eigenvalue weighted by molar-refractivity contribution is 9.10. The number of rotatable bonds is 4. The maximum absolute atomic E-state index is 10.0. The minimum absolute atomic E-state index is 0. The lowest BCUT2D eigenvalue weighted by atomic mass is 9.76. The summed E-state index contributed by atoms with van der Waals surface area (Å²) in [5, 5.41) is 11.6. The molecule has 0 bridgehead atoms. The number of halogens is 4. The predicted octanol–water partition coefficient (Wildman–Crippen LogP) is 12.3. The molecule has 2 unspecified atom stereocenters. The van der Waals surface area contributed by atoms with Crippen LogP contribution in [0.2, 0.25) is 10.0 Å². The SMILES string of the molecule is C.C.CCC1=Cc2cc(Cl)ccc2C(C2CCN(C)CC2)c2ncc(Br)cc21.CN1CCC(C2c3ccc(Cl)cc3C=C(CO)c3cc(Br)cnc32)CC1. The van der Waals surface area contributed by atoms with Crippen molar-refractivity contribution in [1.82, 2.24) is 19.8 Å². The monoisotopic (exact) mass is 894 g/mol. The fraction of sp³-hybridized carbons (Fsp3) is 0.422. The maximum Gasteiger partial charge on any atom is 0.0688 e. The molecule has 0 spiro atoms. The molecule has 0 radical (unpaired) electrons. The zero-order valence-electron chi connectivity index (χ0n) is 30.1. The van der Waals surface area contributed by atoms with Crippen LogP contribution in [0.5, 0.6) is 0 Å². The van der Waals surface area contributed by atoms with Gasteiger partial charge in [0.25, 0.3) is 0 Å². The zero-order valence-corrected chi connectivity index (χ0v) is 34.7. The molecule has 2 aromatic heterocycles. The lowest BCUT2D eigenvalue weighted by Gasteiger charge is -2.35. The van der Waals surface area contributed by atoms with Crippen LogP contribution in [-0.2, 0) is 0 Å². The number of pyridine rings is 2. The molecule has 5 nitrogen and oxygen atoms in total. The number of likely N-dealkylation sites (tertiary alicyclic amines) is 2. The molecule has 4 aliphatic rings. The summed E-state index contributed by atoms with van der Waals surface area (Å²) in [5.74, 6) is 1.70. The van der Waals surface area contributed by atoms with Crippen molar-refractivity contribution in [2.24, 2.45) is 11.8 Å². The topological polar surface area (TPSA) is 52.5 Å². The standard InChI is InChI=1S/C22H24BrClN2.C21H22BrClN2O.2CH4/c1-3-14-10-16-11-18(24)4-5-19(16)21(15-6-8-26(2)9-7-15)22-20(14)12-17(23)13-25-22;1-25-6-4-13(5-7-25)20-18-3-2-17(23)9-14(18)8-15(12-26)19-10-16(22)11-24-21(19)20;;/h4-5,10-13,15,21H,3,6-9H2,1-2H3;2-3,8-11,13,20,26H,4-7,12H2,1H3;2*1H4. The molecule has 2 aliphatic heterocycles. The first kappa shape index (κ1) is 42.8. The largest absolute Gasteiger partial charge is 0.392 e. The van der Waals surface area contributed by atoms with Gasteiger partial charge in [0.2, 0.25) is 0 Å². The lowest BCUT2D eigenvalue weighted by Crippen LogP contribution is -2.33. The number of hydrogen-bond donors (Lipinski definition) is 1. The van der Waals surface area contributed by atoms with Gasteiger partial charge < -0.3 is 14.9 Å². The summed E-state index contributed by atoms with van der Waals surface area (Å²) in [6.07, 6.45) is 13.9. The van der Waals surface area contributed by atoms with Gasteiger partial charge in [-0.3, -0.25) is 9.97 Å². The number of piperidine rings is 2. The average Bonchev–Trinajstić information content (AvgIpc) is 3.35. The van der Waals surface area contributed by atoms with E-state index in [9.17, 15) is 5.11 Å². The highest BCUT2D eigenvalue weighted by Gasteiger charge is 2.35. The Morgan fingerprint density at radius 3 is 1.48 bits per heavy atom. The second-order valence-corrected chi connectivity index (χ2v) is 17.5. The van der Waals surface area contributed by atoms with Crippen molar-refractivity contribution in [3.63, 3.8) is 0 Å². The third-order valence-corrected chi connectivity index (χ3v) is 12.8. The summed E-state index contributed by atoms with van der Waals surface area (Å²) >= 11 is 19.8. The molecule has 2 atom stereocenters. The summed E-state index contributed by atoms with van der Waals surface area (Å²) in [4.78, 5) is 14.6. The Labute approximate surface area is 350 Å². The first-order valence-corrected chi connectivity index (χ1v) is 20.8. The van der Waals surface area contributed by atoms with Gasteiger partial charge in [-0.15, -0.1) is 0 Å². The minimum atomic E-state index is -0.0167. The zero-order chi connectivity index (χ0) is 36.5. The van der Waals surface area contributed by atoms with Gasteiger partial charge in [0.15, 0.2) is 0 Å². The summed E-state index contributed by atoms with van der Waals surface area (Å²) in [7, 11) is 4.41. The van der Waals surface area contributed by atoms with Gasteiger partial charge in [0.1, 0.15) is 0 Å². The van der Waals surface area contributed by atoms with Gasteiger partial charge in [-0.05, 0) is 192 Å². The Morgan fingerprint density at radius 2 is 1.07 bits per heavy atom. The molecule has 8 rings (SSSR count). The van der Waals surface area contributed by atoms with E-state index in [1.54, 1.807) is 0 Å². The Hall–Kier alpha value is -2.36. The summed E-state index contributed by atoms with van der Waals surface area (Å²) in [6.45, 7) is 6.73. The fourth-order valence-electron chi connectivity index (χ4n) is 8.74. The van der Waals surface area contributed by atoms with Crippen LogP contribution in [0, 0.1) is 11.8 Å². The third kappa shape index (κ3) is 9.09. The van der Waals surface area contributed by atoms with Gasteiger partial charge in [-0.2, -0.15) is 0 Å². The van der Waals surface area contributed by atoms with Crippen LogP contribution in [0.3, 0.4) is 0 Å². The Bertz CT molecular complexity index is 1860. The molecule has 2 fully saturated rings. The number of hydrogen-bond acceptors (Lipinski definition) is 5. The lowest BCUT2D eigenvalue weighted by molar-refractivity contribution is 0.206. The second-order valence-electron chi connectivity index (χ2n) is 14.8. The van der Waals surface area contributed by atoms with Crippen molar-refractivity contribution in [2.45, 2.75) is 65.7 Å². The van der Waals surface area contributed by atoms with E-state index < -0.39 is 0 Å². The van der Waals surface area contributed by atoms with Crippen LogP contribution in [0.1, 0.15) is 110 Å². The average molecular weight is 898 g/mol. The number of nitrogens with zero attached hydrogens (tertiary/aromatic N) is 4. The van der Waals surface area contributed by atoms with E-state index in [-0.39, 0.29) is 27.4 Å². The van der Waals surface area contributed by atoms with Gasteiger partial charge >= 0.3 is 0 Å². The molecule has 4 aromatic rings. The normalized spacial score (nSPS) is 20.1. The van der Waals surface area contributed by atoms with Crippen molar-refractivity contribution >= 4 is 78.4 Å². The van der Waals surface area contributed by atoms with E-state index in [4.69, 9.17) is 33.2 Å². The van der Waals surface area contributed by atoms with Crippen molar-refractivity contribution in [3.8, 4) is 0 Å². The molecular formula is C45H54Br2Cl2N4O. The molecule has 2 aliphatic carbocycles. The third-order valence-electron chi connectivity index (χ3n) is 11.5. The summed E-state index contributed by atoms with van der Waals surface area (Å²) in [5.41, 5.74) is 11.9. The van der Waals surface area contributed by atoms with E-state index in [1.165, 1.54) is 46.4 Å². The van der Waals surface area contributed by atoms with E-state index in [0.29, 0.717) is 17.8 Å². The number of fused-ring (bicyclic) bond motifs is 4. The highest BCUT2D eigenvalue weighted by atomic mass is 79.9. The van der Waals surface area contributed by atoms with E-state index >= 15 is 0 Å². The Balaban J connectivity index is 0.000000200. The molecule has 0 amide bonds. The molecule has 288 valence electrons. The quantitative estimate of drug-likeness (QED) is 0.221.